The van der Waals surface area contributed by atoms with Gasteiger partial charge in [0.1, 0.15) is 5.69 Å². The molecule has 0 unspecified atom stereocenters. The first-order valence-corrected chi connectivity index (χ1v) is 4.90. The second-order valence-electron chi connectivity index (χ2n) is 3.58. The van der Waals surface area contributed by atoms with Gasteiger partial charge in [-0.15, -0.1) is 0 Å². The van der Waals surface area contributed by atoms with Gasteiger partial charge in [0.15, 0.2) is 0 Å². The molecule has 84 valence electrons. The third-order valence-corrected chi connectivity index (χ3v) is 2.16. The van der Waals surface area contributed by atoms with Gasteiger partial charge >= 0.3 is 0 Å². The summed E-state index contributed by atoms with van der Waals surface area (Å²) in [6.07, 6.45) is 5.32. The lowest BCUT2D eigenvalue weighted by Crippen LogP contribution is -2.23. The highest BCUT2D eigenvalue weighted by Crippen LogP contribution is 1.98. The van der Waals surface area contributed by atoms with Gasteiger partial charge in [0, 0.05) is 38.6 Å². The minimum absolute atomic E-state index is 0.176. The van der Waals surface area contributed by atoms with E-state index in [-0.39, 0.29) is 5.91 Å². The molecular weight excluding hydrogens is 206 g/mol. The normalized spacial score (nSPS) is 10.4. The summed E-state index contributed by atoms with van der Waals surface area (Å²) >= 11 is 0. The van der Waals surface area contributed by atoms with Crippen LogP contribution in [-0.2, 0) is 20.6 Å². The summed E-state index contributed by atoms with van der Waals surface area (Å²) in [7, 11) is 3.61. The highest BCUT2D eigenvalue weighted by molar-refractivity contribution is 5.92. The van der Waals surface area contributed by atoms with Gasteiger partial charge in [0.05, 0.1) is 6.20 Å². The van der Waals surface area contributed by atoms with E-state index < -0.39 is 0 Å². The molecule has 0 radical (unpaired) electrons. The summed E-state index contributed by atoms with van der Waals surface area (Å²) in [4.78, 5) is 11.6. The van der Waals surface area contributed by atoms with E-state index in [9.17, 15) is 4.79 Å². The third-order valence-electron chi connectivity index (χ3n) is 2.16. The van der Waals surface area contributed by atoms with Crippen molar-refractivity contribution in [2.75, 3.05) is 0 Å². The van der Waals surface area contributed by atoms with Crippen LogP contribution in [0.4, 0.5) is 0 Å². The van der Waals surface area contributed by atoms with Gasteiger partial charge in [-0.2, -0.15) is 10.2 Å². The van der Waals surface area contributed by atoms with Gasteiger partial charge in [-0.05, 0) is 6.07 Å². The first-order valence-electron chi connectivity index (χ1n) is 4.90. The van der Waals surface area contributed by atoms with E-state index in [0.717, 1.165) is 5.56 Å². The predicted octanol–water partition coefficient (Wildman–Crippen LogP) is 0.0836. The van der Waals surface area contributed by atoms with Crippen molar-refractivity contribution in [2.24, 2.45) is 14.1 Å². The molecule has 0 atom stereocenters. The Balaban J connectivity index is 1.93. The molecule has 0 bridgehead atoms. The van der Waals surface area contributed by atoms with Crippen LogP contribution in [0.3, 0.4) is 0 Å². The summed E-state index contributed by atoms with van der Waals surface area (Å²) in [5.41, 5.74) is 1.39. The van der Waals surface area contributed by atoms with Gasteiger partial charge in [0.25, 0.3) is 5.91 Å². The van der Waals surface area contributed by atoms with Crippen molar-refractivity contribution in [3.8, 4) is 0 Å². The van der Waals surface area contributed by atoms with E-state index >= 15 is 0 Å². The maximum Gasteiger partial charge on any atom is 0.272 e. The lowest BCUT2D eigenvalue weighted by Gasteiger charge is -1.99. The molecule has 6 nitrogen and oxygen atoms in total. The molecule has 6 heteroatoms. The smallest absolute Gasteiger partial charge is 0.272 e. The van der Waals surface area contributed by atoms with Crippen LogP contribution in [0.1, 0.15) is 16.1 Å². The number of hydrogen-bond acceptors (Lipinski definition) is 3. The number of hydrogen-bond donors (Lipinski definition) is 1. The number of nitrogens with zero attached hydrogens (tertiary/aromatic N) is 4. The summed E-state index contributed by atoms with van der Waals surface area (Å²) < 4.78 is 3.29. The van der Waals surface area contributed by atoms with Gasteiger partial charge in [-0.3, -0.25) is 14.2 Å². The minimum atomic E-state index is -0.176. The number of aryl methyl sites for hydroxylation is 2. The van der Waals surface area contributed by atoms with E-state index in [1.54, 1.807) is 34.9 Å². The molecule has 2 heterocycles. The van der Waals surface area contributed by atoms with Crippen LogP contribution in [-0.4, -0.2) is 25.5 Å². The van der Waals surface area contributed by atoms with Gasteiger partial charge < -0.3 is 5.32 Å². The Morgan fingerprint density at radius 1 is 1.44 bits per heavy atom. The molecule has 2 rings (SSSR count). The Kier molecular flexibility index (Phi) is 2.72. The van der Waals surface area contributed by atoms with Crippen LogP contribution >= 0.6 is 0 Å². The van der Waals surface area contributed by atoms with E-state index in [1.807, 2.05) is 13.2 Å². The largest absolute Gasteiger partial charge is 0.346 e. The van der Waals surface area contributed by atoms with Crippen molar-refractivity contribution >= 4 is 5.91 Å². The molecule has 16 heavy (non-hydrogen) atoms. The van der Waals surface area contributed by atoms with Crippen molar-refractivity contribution in [3.05, 3.63) is 35.9 Å². The Hall–Kier alpha value is -2.11. The molecule has 0 fully saturated rings. The third kappa shape index (κ3) is 2.28. The molecule has 1 amide bonds. The van der Waals surface area contributed by atoms with Crippen molar-refractivity contribution in [3.63, 3.8) is 0 Å². The number of carbonyl (C=O) groups is 1. The predicted molar refractivity (Wildman–Crippen MR) is 57.6 cm³/mol. The number of rotatable bonds is 3. The summed E-state index contributed by atoms with van der Waals surface area (Å²) in [5.74, 6) is -0.176. The quantitative estimate of drug-likeness (QED) is 0.795. The lowest BCUT2D eigenvalue weighted by atomic mass is 10.3. The minimum Gasteiger partial charge on any atom is -0.346 e. The van der Waals surface area contributed by atoms with E-state index in [4.69, 9.17) is 0 Å². The number of amides is 1. The van der Waals surface area contributed by atoms with Crippen molar-refractivity contribution < 1.29 is 4.79 Å². The number of nitrogens with one attached hydrogen (secondary N) is 1. The fraction of sp³-hybridized carbons (Fsp3) is 0.300. The second-order valence-corrected chi connectivity index (χ2v) is 3.58. The zero-order chi connectivity index (χ0) is 11.5. The van der Waals surface area contributed by atoms with Crippen LogP contribution in [0.5, 0.6) is 0 Å². The molecule has 0 saturated heterocycles. The SMILES string of the molecule is Cn1cc(CNC(=O)c2ccn(C)n2)cn1. The molecule has 0 spiro atoms. The standard InChI is InChI=1S/C10H13N5O/c1-14-4-3-9(13-14)10(16)11-5-8-6-12-15(2)7-8/h3-4,6-7H,5H2,1-2H3,(H,11,16). The van der Waals surface area contributed by atoms with Crippen molar-refractivity contribution in [1.29, 1.82) is 0 Å². The van der Waals surface area contributed by atoms with Crippen LogP contribution in [0.25, 0.3) is 0 Å². The van der Waals surface area contributed by atoms with Crippen LogP contribution in [0, 0.1) is 0 Å². The van der Waals surface area contributed by atoms with Gasteiger partial charge in [-0.1, -0.05) is 0 Å². The van der Waals surface area contributed by atoms with E-state index in [0.29, 0.717) is 12.2 Å². The molecule has 0 aliphatic heterocycles. The molecule has 2 aromatic heterocycles. The maximum atomic E-state index is 11.6. The van der Waals surface area contributed by atoms with Gasteiger partial charge in [-0.25, -0.2) is 0 Å². The molecule has 0 aliphatic carbocycles. The number of aromatic nitrogens is 4. The Labute approximate surface area is 92.9 Å². The molecule has 0 aromatic carbocycles. The Morgan fingerprint density at radius 2 is 2.25 bits per heavy atom. The number of carbonyl (C=O) groups excluding carboxylic acids is 1. The average molecular weight is 219 g/mol. The van der Waals surface area contributed by atoms with Gasteiger partial charge in [0.2, 0.25) is 0 Å². The molecule has 2 aromatic rings. The summed E-state index contributed by atoms with van der Waals surface area (Å²) in [6.45, 7) is 0.462. The molecule has 1 N–H and O–H groups in total. The highest BCUT2D eigenvalue weighted by atomic mass is 16.1. The maximum absolute atomic E-state index is 11.6. The highest BCUT2D eigenvalue weighted by Gasteiger charge is 2.08. The molecular formula is C10H13N5O. The fourth-order valence-corrected chi connectivity index (χ4v) is 1.37. The Bertz CT molecular complexity index is 499. The zero-order valence-corrected chi connectivity index (χ0v) is 9.21. The monoisotopic (exact) mass is 219 g/mol. The van der Waals surface area contributed by atoms with Crippen LogP contribution < -0.4 is 5.32 Å². The summed E-state index contributed by atoms with van der Waals surface area (Å²) in [5, 5.41) is 10.8. The van der Waals surface area contributed by atoms with E-state index in [2.05, 4.69) is 15.5 Å². The first kappa shape index (κ1) is 10.4. The topological polar surface area (TPSA) is 64.7 Å². The Morgan fingerprint density at radius 3 is 2.81 bits per heavy atom. The average Bonchev–Trinajstić information content (AvgIpc) is 2.84. The van der Waals surface area contributed by atoms with Crippen molar-refractivity contribution in [2.45, 2.75) is 6.54 Å². The van der Waals surface area contributed by atoms with E-state index in [1.165, 1.54) is 0 Å². The fourth-order valence-electron chi connectivity index (χ4n) is 1.37. The second kappa shape index (κ2) is 4.18. The van der Waals surface area contributed by atoms with Crippen LogP contribution in [0.2, 0.25) is 0 Å². The summed E-state index contributed by atoms with van der Waals surface area (Å²) in [6, 6.07) is 1.68. The molecule has 0 aliphatic rings. The zero-order valence-electron chi connectivity index (χ0n) is 9.21. The molecule has 0 saturated carbocycles. The first-order chi connectivity index (χ1) is 7.65. The van der Waals surface area contributed by atoms with Crippen LogP contribution in [0.15, 0.2) is 24.7 Å². The lowest BCUT2D eigenvalue weighted by molar-refractivity contribution is 0.0945. The van der Waals surface area contributed by atoms with Crippen molar-refractivity contribution in [1.82, 2.24) is 24.9 Å².